The molecule has 1 aromatic rings. The van der Waals surface area contributed by atoms with Crippen molar-refractivity contribution in [2.45, 2.75) is 50.4 Å². The quantitative estimate of drug-likeness (QED) is 0.907. The second kappa shape index (κ2) is 4.34. The zero-order valence-corrected chi connectivity index (χ0v) is 11.8. The highest BCUT2D eigenvalue weighted by molar-refractivity contribution is 5.83. The van der Waals surface area contributed by atoms with Gasteiger partial charge >= 0.3 is 5.97 Å². The van der Waals surface area contributed by atoms with E-state index in [0.29, 0.717) is 5.92 Å². The molecule has 3 aliphatic rings. The molecule has 0 spiro atoms. The SMILES string of the molecule is O=C(O)C1(CC2CC3CCC2C3)CCc2ccccc21. The van der Waals surface area contributed by atoms with Crippen LogP contribution >= 0.6 is 0 Å². The van der Waals surface area contributed by atoms with E-state index in [1.54, 1.807) is 0 Å². The predicted octanol–water partition coefficient (Wildman–Crippen LogP) is 3.78. The molecule has 0 saturated heterocycles. The third-order valence-corrected chi connectivity index (χ3v) is 6.26. The molecule has 2 nitrogen and oxygen atoms in total. The van der Waals surface area contributed by atoms with Crippen LogP contribution in [0.25, 0.3) is 0 Å². The van der Waals surface area contributed by atoms with Crippen molar-refractivity contribution >= 4 is 5.97 Å². The minimum absolute atomic E-state index is 0.592. The van der Waals surface area contributed by atoms with Crippen LogP contribution in [0.1, 0.15) is 49.7 Å². The van der Waals surface area contributed by atoms with Crippen LogP contribution in [0.2, 0.25) is 0 Å². The van der Waals surface area contributed by atoms with Gasteiger partial charge in [-0.2, -0.15) is 0 Å². The standard InChI is InChI=1S/C18H22O2/c19-17(20)18(8-7-13-3-1-2-4-16(13)18)11-15-10-12-5-6-14(15)9-12/h1-4,12,14-15H,5-11H2,(H,19,20). The zero-order valence-electron chi connectivity index (χ0n) is 11.8. The summed E-state index contributed by atoms with van der Waals surface area (Å²) in [4.78, 5) is 12.1. The number of carbonyl (C=O) groups is 1. The van der Waals surface area contributed by atoms with Gasteiger partial charge in [0.05, 0.1) is 5.41 Å². The topological polar surface area (TPSA) is 37.3 Å². The Morgan fingerprint density at radius 1 is 1.25 bits per heavy atom. The summed E-state index contributed by atoms with van der Waals surface area (Å²) in [5, 5.41) is 9.94. The summed E-state index contributed by atoms with van der Waals surface area (Å²) in [7, 11) is 0. The molecule has 0 aromatic heterocycles. The Balaban J connectivity index is 1.67. The number of carboxylic acid groups (broad SMARTS) is 1. The van der Waals surface area contributed by atoms with Crippen LogP contribution in [0.5, 0.6) is 0 Å². The molecule has 106 valence electrons. The van der Waals surface area contributed by atoms with Crippen molar-refractivity contribution < 1.29 is 9.90 Å². The van der Waals surface area contributed by atoms with E-state index in [1.165, 1.54) is 31.2 Å². The average molecular weight is 270 g/mol. The molecule has 2 saturated carbocycles. The first-order valence-corrected chi connectivity index (χ1v) is 8.01. The van der Waals surface area contributed by atoms with Gasteiger partial charge in [0.25, 0.3) is 0 Å². The fourth-order valence-corrected chi connectivity index (χ4v) is 5.28. The number of fused-ring (bicyclic) bond motifs is 3. The highest BCUT2D eigenvalue weighted by atomic mass is 16.4. The third-order valence-electron chi connectivity index (χ3n) is 6.26. The molecule has 3 aliphatic carbocycles. The Morgan fingerprint density at radius 2 is 2.10 bits per heavy atom. The Hall–Kier alpha value is -1.31. The number of rotatable bonds is 3. The normalized spacial score (nSPS) is 38.1. The van der Waals surface area contributed by atoms with Crippen molar-refractivity contribution in [2.24, 2.45) is 17.8 Å². The summed E-state index contributed by atoms with van der Waals surface area (Å²) < 4.78 is 0. The lowest BCUT2D eigenvalue weighted by atomic mass is 9.71. The number of benzene rings is 1. The second-order valence-electron chi connectivity index (χ2n) is 7.18. The second-order valence-corrected chi connectivity index (χ2v) is 7.18. The molecular formula is C18H22O2. The van der Waals surface area contributed by atoms with Gasteiger partial charge in [-0.1, -0.05) is 30.7 Å². The molecule has 0 aliphatic heterocycles. The van der Waals surface area contributed by atoms with Crippen molar-refractivity contribution in [3.05, 3.63) is 35.4 Å². The number of carboxylic acids is 1. The Labute approximate surface area is 120 Å². The van der Waals surface area contributed by atoms with E-state index in [-0.39, 0.29) is 0 Å². The van der Waals surface area contributed by atoms with Gasteiger partial charge in [-0.25, -0.2) is 0 Å². The maximum Gasteiger partial charge on any atom is 0.314 e. The minimum Gasteiger partial charge on any atom is -0.481 e. The number of hydrogen-bond donors (Lipinski definition) is 1. The van der Waals surface area contributed by atoms with Crippen molar-refractivity contribution in [2.75, 3.05) is 0 Å². The van der Waals surface area contributed by atoms with Crippen molar-refractivity contribution in [3.63, 3.8) is 0 Å². The average Bonchev–Trinajstić information content (AvgIpc) is 3.14. The summed E-state index contributed by atoms with van der Waals surface area (Å²) in [5.74, 6) is 1.76. The lowest BCUT2D eigenvalue weighted by molar-refractivity contribution is -0.144. The minimum atomic E-state index is -0.592. The van der Waals surface area contributed by atoms with Gasteiger partial charge in [0.2, 0.25) is 0 Å². The summed E-state index contributed by atoms with van der Waals surface area (Å²) in [6.07, 6.45) is 7.98. The highest BCUT2D eigenvalue weighted by Gasteiger charge is 2.50. The monoisotopic (exact) mass is 270 g/mol. The molecule has 0 radical (unpaired) electrons. The van der Waals surface area contributed by atoms with E-state index in [9.17, 15) is 9.90 Å². The lowest BCUT2D eigenvalue weighted by Gasteiger charge is -2.32. The summed E-state index contributed by atoms with van der Waals surface area (Å²) in [6.45, 7) is 0. The van der Waals surface area contributed by atoms with Gasteiger partial charge in [0.1, 0.15) is 0 Å². The van der Waals surface area contributed by atoms with E-state index in [4.69, 9.17) is 0 Å². The van der Waals surface area contributed by atoms with Gasteiger partial charge < -0.3 is 5.11 Å². The molecule has 20 heavy (non-hydrogen) atoms. The Kier molecular flexibility index (Phi) is 2.70. The fraction of sp³-hybridized carbons (Fsp3) is 0.611. The van der Waals surface area contributed by atoms with Gasteiger partial charge in [-0.3, -0.25) is 4.79 Å². The Morgan fingerprint density at radius 3 is 2.80 bits per heavy atom. The summed E-state index contributed by atoms with van der Waals surface area (Å²) >= 11 is 0. The molecule has 0 heterocycles. The first-order chi connectivity index (χ1) is 9.69. The fourth-order valence-electron chi connectivity index (χ4n) is 5.28. The number of aryl methyl sites for hydroxylation is 1. The maximum absolute atomic E-state index is 12.1. The van der Waals surface area contributed by atoms with Crippen LogP contribution in [-0.2, 0) is 16.6 Å². The van der Waals surface area contributed by atoms with E-state index in [1.807, 2.05) is 12.1 Å². The van der Waals surface area contributed by atoms with Crippen LogP contribution in [0.3, 0.4) is 0 Å². The molecule has 4 atom stereocenters. The number of hydrogen-bond acceptors (Lipinski definition) is 1. The van der Waals surface area contributed by atoms with Crippen LogP contribution in [0, 0.1) is 17.8 Å². The molecule has 4 unspecified atom stereocenters. The van der Waals surface area contributed by atoms with E-state index < -0.39 is 11.4 Å². The van der Waals surface area contributed by atoms with Gasteiger partial charge in [-0.05, 0) is 67.4 Å². The van der Waals surface area contributed by atoms with Crippen molar-refractivity contribution in [3.8, 4) is 0 Å². The Bertz CT molecular complexity index is 550. The van der Waals surface area contributed by atoms with Gasteiger partial charge in [0, 0.05) is 0 Å². The predicted molar refractivity (Wildman–Crippen MR) is 77.6 cm³/mol. The van der Waals surface area contributed by atoms with Gasteiger partial charge in [0.15, 0.2) is 0 Å². The zero-order chi connectivity index (χ0) is 13.7. The van der Waals surface area contributed by atoms with E-state index in [2.05, 4.69) is 12.1 Å². The highest BCUT2D eigenvalue weighted by Crippen LogP contribution is 2.54. The molecule has 2 fully saturated rings. The first kappa shape index (κ1) is 12.4. The molecule has 0 amide bonds. The van der Waals surface area contributed by atoms with Gasteiger partial charge in [-0.15, -0.1) is 0 Å². The van der Waals surface area contributed by atoms with E-state index in [0.717, 1.165) is 36.7 Å². The van der Waals surface area contributed by atoms with Crippen LogP contribution in [0.15, 0.2) is 24.3 Å². The van der Waals surface area contributed by atoms with Crippen LogP contribution < -0.4 is 0 Å². The van der Waals surface area contributed by atoms with E-state index >= 15 is 0 Å². The molecule has 2 bridgehead atoms. The number of aliphatic carboxylic acids is 1. The third kappa shape index (κ3) is 1.66. The molecular weight excluding hydrogens is 248 g/mol. The van der Waals surface area contributed by atoms with Crippen molar-refractivity contribution in [1.29, 1.82) is 0 Å². The van der Waals surface area contributed by atoms with Crippen LogP contribution in [0.4, 0.5) is 0 Å². The largest absolute Gasteiger partial charge is 0.481 e. The smallest absolute Gasteiger partial charge is 0.314 e. The lowest BCUT2D eigenvalue weighted by Crippen LogP contribution is -2.36. The summed E-state index contributed by atoms with van der Waals surface area (Å²) in [6, 6.07) is 8.21. The first-order valence-electron chi connectivity index (χ1n) is 8.01. The summed E-state index contributed by atoms with van der Waals surface area (Å²) in [5.41, 5.74) is 1.78. The molecule has 2 heteroatoms. The molecule has 1 N–H and O–H groups in total. The molecule has 4 rings (SSSR count). The van der Waals surface area contributed by atoms with Crippen molar-refractivity contribution in [1.82, 2.24) is 0 Å². The van der Waals surface area contributed by atoms with Crippen LogP contribution in [-0.4, -0.2) is 11.1 Å². The molecule has 1 aromatic carbocycles. The maximum atomic E-state index is 12.1.